The molecule has 0 spiro atoms. The molecule has 0 aliphatic carbocycles. The lowest BCUT2D eigenvalue weighted by Crippen LogP contribution is -2.45. The van der Waals surface area contributed by atoms with Crippen LogP contribution in [0, 0.1) is 6.92 Å². The lowest BCUT2D eigenvalue weighted by Gasteiger charge is -2.36. The number of aryl methyl sites for hydroxylation is 1. The Labute approximate surface area is 158 Å². The molecule has 1 N–H and O–H groups in total. The number of carbonyl (C=O) groups is 1. The van der Waals surface area contributed by atoms with Crippen LogP contribution >= 0.6 is 0 Å². The standard InChI is InChI=1S/C21H24N4O2/c1-14-19-12-17(13-22-21(19)27-24-14)20(26)23-18-8-10-25(11-9-18)15(2)16-6-4-3-5-7-16/h3-7,12-13,15,18H,8-11H2,1-2H3,(H,23,26)/t15-/m0/s1. The molecule has 1 fully saturated rings. The van der Waals surface area contributed by atoms with Crippen molar-refractivity contribution in [2.75, 3.05) is 13.1 Å². The third-order valence-corrected chi connectivity index (χ3v) is 5.47. The second kappa shape index (κ2) is 7.48. The fourth-order valence-electron chi connectivity index (χ4n) is 3.71. The SMILES string of the molecule is Cc1noc2ncc(C(=O)NC3CCN([C@@H](C)c4ccccc4)CC3)cc12. The van der Waals surface area contributed by atoms with Crippen LogP contribution in [0.25, 0.3) is 11.1 Å². The molecule has 1 saturated heterocycles. The fourth-order valence-corrected chi connectivity index (χ4v) is 3.71. The van der Waals surface area contributed by atoms with Crippen molar-refractivity contribution in [3.63, 3.8) is 0 Å². The topological polar surface area (TPSA) is 71.3 Å². The molecule has 1 aromatic carbocycles. The highest BCUT2D eigenvalue weighted by atomic mass is 16.5. The van der Waals surface area contributed by atoms with Gasteiger partial charge in [-0.25, -0.2) is 4.98 Å². The molecular formula is C21H24N4O2. The second-order valence-corrected chi connectivity index (χ2v) is 7.22. The van der Waals surface area contributed by atoms with Gasteiger partial charge in [0.2, 0.25) is 0 Å². The van der Waals surface area contributed by atoms with Crippen LogP contribution < -0.4 is 5.32 Å². The van der Waals surface area contributed by atoms with Crippen LogP contribution in [-0.4, -0.2) is 40.1 Å². The van der Waals surface area contributed by atoms with Gasteiger partial charge < -0.3 is 9.84 Å². The highest BCUT2D eigenvalue weighted by Crippen LogP contribution is 2.24. The molecule has 4 rings (SSSR count). The third kappa shape index (κ3) is 3.71. The smallest absolute Gasteiger partial charge is 0.257 e. The number of nitrogens with one attached hydrogen (secondary N) is 1. The molecule has 27 heavy (non-hydrogen) atoms. The van der Waals surface area contributed by atoms with Gasteiger partial charge in [0.25, 0.3) is 11.6 Å². The van der Waals surface area contributed by atoms with Gasteiger partial charge in [-0.2, -0.15) is 0 Å². The van der Waals surface area contributed by atoms with E-state index in [-0.39, 0.29) is 11.9 Å². The normalized spacial score (nSPS) is 17.1. The molecule has 3 aromatic rings. The van der Waals surface area contributed by atoms with Crippen LogP contribution in [0.2, 0.25) is 0 Å². The number of amides is 1. The Morgan fingerprint density at radius 2 is 2.00 bits per heavy atom. The zero-order chi connectivity index (χ0) is 18.8. The Balaban J connectivity index is 1.35. The summed E-state index contributed by atoms with van der Waals surface area (Å²) in [6.07, 6.45) is 3.45. The van der Waals surface area contributed by atoms with Gasteiger partial charge in [-0.3, -0.25) is 9.69 Å². The molecular weight excluding hydrogens is 340 g/mol. The first-order chi connectivity index (χ1) is 13.1. The summed E-state index contributed by atoms with van der Waals surface area (Å²) in [5.74, 6) is -0.0837. The molecule has 6 nitrogen and oxygen atoms in total. The quantitative estimate of drug-likeness (QED) is 0.767. The van der Waals surface area contributed by atoms with Crippen LogP contribution in [0.3, 0.4) is 0 Å². The third-order valence-electron chi connectivity index (χ3n) is 5.47. The van der Waals surface area contributed by atoms with Crippen molar-refractivity contribution in [3.05, 3.63) is 59.4 Å². The van der Waals surface area contributed by atoms with E-state index in [0.29, 0.717) is 17.3 Å². The number of hydrogen-bond donors (Lipinski definition) is 1. The van der Waals surface area contributed by atoms with E-state index in [1.165, 1.54) is 5.56 Å². The average molecular weight is 364 g/mol. The van der Waals surface area contributed by atoms with Gasteiger partial charge in [-0.05, 0) is 38.3 Å². The van der Waals surface area contributed by atoms with Crippen molar-refractivity contribution in [1.29, 1.82) is 0 Å². The second-order valence-electron chi connectivity index (χ2n) is 7.22. The fraction of sp³-hybridized carbons (Fsp3) is 0.381. The number of fused-ring (bicyclic) bond motifs is 1. The minimum Gasteiger partial charge on any atom is -0.349 e. The summed E-state index contributed by atoms with van der Waals surface area (Å²) < 4.78 is 5.11. The molecule has 0 bridgehead atoms. The van der Waals surface area contributed by atoms with E-state index in [4.69, 9.17) is 4.52 Å². The van der Waals surface area contributed by atoms with E-state index >= 15 is 0 Å². The number of likely N-dealkylation sites (tertiary alicyclic amines) is 1. The minimum atomic E-state index is -0.0837. The summed E-state index contributed by atoms with van der Waals surface area (Å²) in [5, 5.41) is 7.83. The molecule has 1 amide bonds. The first kappa shape index (κ1) is 17.7. The predicted octanol–water partition coefficient (Wildman–Crippen LogP) is 3.49. The number of nitrogens with zero attached hydrogens (tertiary/aromatic N) is 3. The Kier molecular flexibility index (Phi) is 4.90. The van der Waals surface area contributed by atoms with Crippen LogP contribution in [0.15, 0.2) is 47.1 Å². The monoisotopic (exact) mass is 364 g/mol. The van der Waals surface area contributed by atoms with Gasteiger partial charge in [-0.1, -0.05) is 35.5 Å². The van der Waals surface area contributed by atoms with Crippen LogP contribution in [0.1, 0.15) is 47.4 Å². The number of rotatable bonds is 4. The summed E-state index contributed by atoms with van der Waals surface area (Å²) in [6.45, 7) is 6.04. The van der Waals surface area contributed by atoms with Crippen molar-refractivity contribution >= 4 is 17.0 Å². The van der Waals surface area contributed by atoms with E-state index < -0.39 is 0 Å². The Morgan fingerprint density at radius 3 is 2.74 bits per heavy atom. The summed E-state index contributed by atoms with van der Waals surface area (Å²) in [4.78, 5) is 19.3. The summed E-state index contributed by atoms with van der Waals surface area (Å²) >= 11 is 0. The molecule has 6 heteroatoms. The minimum absolute atomic E-state index is 0.0837. The number of carbonyl (C=O) groups excluding carboxylic acids is 1. The molecule has 2 aromatic heterocycles. The predicted molar refractivity (Wildman–Crippen MR) is 103 cm³/mol. The number of hydrogen-bond acceptors (Lipinski definition) is 5. The van der Waals surface area contributed by atoms with Crippen molar-refractivity contribution in [3.8, 4) is 0 Å². The Bertz CT molecular complexity index is 930. The van der Waals surface area contributed by atoms with E-state index in [1.807, 2.05) is 13.0 Å². The molecule has 1 aliphatic rings. The zero-order valence-electron chi connectivity index (χ0n) is 15.7. The van der Waals surface area contributed by atoms with Crippen LogP contribution in [0.4, 0.5) is 0 Å². The van der Waals surface area contributed by atoms with Gasteiger partial charge in [0.15, 0.2) is 0 Å². The number of pyridine rings is 1. The van der Waals surface area contributed by atoms with Crippen LogP contribution in [0.5, 0.6) is 0 Å². The Hall–Kier alpha value is -2.73. The van der Waals surface area contributed by atoms with Gasteiger partial charge in [-0.15, -0.1) is 0 Å². The van der Waals surface area contributed by atoms with Gasteiger partial charge in [0, 0.05) is 31.4 Å². The van der Waals surface area contributed by atoms with E-state index in [1.54, 1.807) is 12.3 Å². The summed E-state index contributed by atoms with van der Waals surface area (Å²) in [6, 6.07) is 13.0. The number of aromatic nitrogens is 2. The summed E-state index contributed by atoms with van der Waals surface area (Å²) in [5.41, 5.74) is 3.10. The van der Waals surface area contributed by atoms with Crippen LogP contribution in [-0.2, 0) is 0 Å². The Morgan fingerprint density at radius 1 is 1.26 bits per heavy atom. The van der Waals surface area contributed by atoms with Gasteiger partial charge in [0.1, 0.15) is 0 Å². The first-order valence-corrected chi connectivity index (χ1v) is 9.43. The van der Waals surface area contributed by atoms with Crippen molar-refractivity contribution in [2.24, 2.45) is 0 Å². The van der Waals surface area contributed by atoms with Gasteiger partial charge in [0.05, 0.1) is 16.6 Å². The maximum Gasteiger partial charge on any atom is 0.257 e. The van der Waals surface area contributed by atoms with E-state index in [0.717, 1.165) is 37.0 Å². The highest BCUT2D eigenvalue weighted by molar-refractivity contribution is 5.97. The first-order valence-electron chi connectivity index (χ1n) is 9.43. The number of benzene rings is 1. The van der Waals surface area contributed by atoms with Crippen molar-refractivity contribution in [1.82, 2.24) is 20.4 Å². The molecule has 3 heterocycles. The molecule has 1 atom stereocenters. The summed E-state index contributed by atoms with van der Waals surface area (Å²) in [7, 11) is 0. The zero-order valence-corrected chi connectivity index (χ0v) is 15.7. The molecule has 1 aliphatic heterocycles. The van der Waals surface area contributed by atoms with Crippen molar-refractivity contribution in [2.45, 2.75) is 38.8 Å². The maximum atomic E-state index is 12.6. The lowest BCUT2D eigenvalue weighted by atomic mass is 10.00. The number of piperidine rings is 1. The van der Waals surface area contributed by atoms with Crippen molar-refractivity contribution < 1.29 is 9.32 Å². The van der Waals surface area contributed by atoms with E-state index in [9.17, 15) is 4.79 Å². The molecule has 140 valence electrons. The maximum absolute atomic E-state index is 12.6. The van der Waals surface area contributed by atoms with E-state index in [2.05, 4.69) is 51.5 Å². The molecule has 0 unspecified atom stereocenters. The highest BCUT2D eigenvalue weighted by Gasteiger charge is 2.25. The molecule has 0 saturated carbocycles. The van der Waals surface area contributed by atoms with Gasteiger partial charge >= 0.3 is 0 Å². The average Bonchev–Trinajstić information content (AvgIpc) is 3.09. The lowest BCUT2D eigenvalue weighted by molar-refractivity contribution is 0.0896. The largest absolute Gasteiger partial charge is 0.349 e. The molecule has 0 radical (unpaired) electrons.